The highest BCUT2D eigenvalue weighted by Gasteiger charge is 2.37. The van der Waals surface area contributed by atoms with Crippen molar-refractivity contribution in [1.82, 2.24) is 0 Å². The number of pyridine rings is 1. The molecule has 0 aliphatic carbocycles. The van der Waals surface area contributed by atoms with Crippen molar-refractivity contribution >= 4 is 0 Å². The topological polar surface area (TPSA) is 26.9 Å². The Labute approximate surface area is 73.2 Å². The summed E-state index contributed by atoms with van der Waals surface area (Å²) in [6.45, 7) is 2.48. The summed E-state index contributed by atoms with van der Waals surface area (Å²) in [5, 5.41) is 10.9. The summed E-state index contributed by atoms with van der Waals surface area (Å²) in [4.78, 5) is 0. The van der Waals surface area contributed by atoms with Gasteiger partial charge in [-0.1, -0.05) is 0 Å². The average Bonchev–Trinajstić information content (AvgIpc) is 1.95. The monoisotopic (exact) mass is 191 g/mol. The standard InChI is InChI=1S/C8H8F3NO/c1-5-3-4-12(13)6(2)7(5)8(9,10)11/h3-4H,1-2H3. The zero-order valence-corrected chi connectivity index (χ0v) is 7.14. The quantitative estimate of drug-likeness (QED) is 0.455. The van der Waals surface area contributed by atoms with Crippen molar-refractivity contribution in [2.75, 3.05) is 0 Å². The van der Waals surface area contributed by atoms with E-state index in [2.05, 4.69) is 0 Å². The Morgan fingerprint density at radius 1 is 1.31 bits per heavy atom. The minimum absolute atomic E-state index is 0.0668. The lowest BCUT2D eigenvalue weighted by atomic mass is 10.1. The van der Waals surface area contributed by atoms with Crippen LogP contribution in [-0.4, -0.2) is 0 Å². The zero-order chi connectivity index (χ0) is 10.2. The van der Waals surface area contributed by atoms with Crippen molar-refractivity contribution in [3.05, 3.63) is 34.3 Å². The Bertz CT molecular complexity index is 333. The Morgan fingerprint density at radius 2 is 1.85 bits per heavy atom. The first kappa shape index (κ1) is 9.83. The number of rotatable bonds is 0. The maximum absolute atomic E-state index is 12.3. The summed E-state index contributed by atoms with van der Waals surface area (Å²) in [5.41, 5.74) is -1.09. The number of hydrogen-bond donors (Lipinski definition) is 0. The molecule has 1 heterocycles. The number of hydrogen-bond acceptors (Lipinski definition) is 1. The third-order valence-corrected chi connectivity index (χ3v) is 1.83. The molecule has 0 N–H and O–H groups in total. The van der Waals surface area contributed by atoms with Gasteiger partial charge in [0, 0.05) is 13.0 Å². The molecule has 0 amide bonds. The fourth-order valence-corrected chi connectivity index (χ4v) is 1.20. The van der Waals surface area contributed by atoms with Crippen molar-refractivity contribution in [3.8, 4) is 0 Å². The van der Waals surface area contributed by atoms with E-state index >= 15 is 0 Å². The largest absolute Gasteiger partial charge is 0.618 e. The molecule has 0 saturated carbocycles. The smallest absolute Gasteiger partial charge is 0.422 e. The van der Waals surface area contributed by atoms with E-state index in [1.807, 2.05) is 0 Å². The van der Waals surface area contributed by atoms with Gasteiger partial charge in [-0.2, -0.15) is 17.9 Å². The molecule has 0 unspecified atom stereocenters. The van der Waals surface area contributed by atoms with Gasteiger partial charge in [0.15, 0.2) is 6.20 Å². The van der Waals surface area contributed by atoms with Crippen LogP contribution in [0, 0.1) is 19.1 Å². The lowest BCUT2D eigenvalue weighted by molar-refractivity contribution is -0.613. The van der Waals surface area contributed by atoms with Crippen LogP contribution in [0.1, 0.15) is 16.8 Å². The Morgan fingerprint density at radius 3 is 2.23 bits per heavy atom. The van der Waals surface area contributed by atoms with Crippen molar-refractivity contribution in [3.63, 3.8) is 0 Å². The molecule has 0 aromatic carbocycles. The van der Waals surface area contributed by atoms with Crippen molar-refractivity contribution < 1.29 is 17.9 Å². The number of nitrogens with zero attached hydrogens (tertiary/aromatic N) is 1. The first-order valence-corrected chi connectivity index (χ1v) is 3.60. The van der Waals surface area contributed by atoms with Gasteiger partial charge < -0.3 is 5.21 Å². The minimum Gasteiger partial charge on any atom is -0.618 e. The van der Waals surface area contributed by atoms with Crippen LogP contribution in [0.25, 0.3) is 0 Å². The van der Waals surface area contributed by atoms with Gasteiger partial charge in [-0.15, -0.1) is 0 Å². The van der Waals surface area contributed by atoms with Gasteiger partial charge in [-0.3, -0.25) is 0 Å². The molecule has 72 valence electrons. The van der Waals surface area contributed by atoms with Crippen molar-refractivity contribution in [2.45, 2.75) is 20.0 Å². The van der Waals surface area contributed by atoms with Crippen LogP contribution in [0.3, 0.4) is 0 Å². The van der Waals surface area contributed by atoms with E-state index in [-0.39, 0.29) is 16.0 Å². The Kier molecular flexibility index (Phi) is 2.19. The maximum atomic E-state index is 12.3. The number of alkyl halides is 3. The first-order chi connectivity index (χ1) is 5.84. The molecule has 1 aromatic rings. The highest BCUT2D eigenvalue weighted by Crippen LogP contribution is 2.32. The molecule has 1 rings (SSSR count). The van der Waals surface area contributed by atoms with Gasteiger partial charge in [0.1, 0.15) is 5.56 Å². The van der Waals surface area contributed by atoms with E-state index in [0.29, 0.717) is 0 Å². The second-order valence-electron chi connectivity index (χ2n) is 2.78. The van der Waals surface area contributed by atoms with Crippen LogP contribution >= 0.6 is 0 Å². The number of halogens is 3. The minimum atomic E-state index is -4.46. The second kappa shape index (κ2) is 2.90. The van der Waals surface area contributed by atoms with E-state index in [0.717, 1.165) is 19.2 Å². The van der Waals surface area contributed by atoms with Crippen molar-refractivity contribution in [1.29, 1.82) is 0 Å². The van der Waals surface area contributed by atoms with Gasteiger partial charge in [0.2, 0.25) is 5.69 Å². The van der Waals surface area contributed by atoms with Gasteiger partial charge >= 0.3 is 6.18 Å². The van der Waals surface area contributed by atoms with E-state index in [1.165, 1.54) is 6.92 Å². The third-order valence-electron chi connectivity index (χ3n) is 1.83. The highest BCUT2D eigenvalue weighted by atomic mass is 19.4. The molecule has 0 saturated heterocycles. The van der Waals surface area contributed by atoms with E-state index < -0.39 is 11.7 Å². The van der Waals surface area contributed by atoms with E-state index in [4.69, 9.17) is 0 Å². The molecule has 0 spiro atoms. The predicted octanol–water partition coefficient (Wildman–Crippen LogP) is 1.96. The van der Waals surface area contributed by atoms with Gasteiger partial charge in [-0.25, -0.2) is 0 Å². The second-order valence-corrected chi connectivity index (χ2v) is 2.78. The summed E-state index contributed by atoms with van der Waals surface area (Å²) in [5.74, 6) is 0. The van der Waals surface area contributed by atoms with Crippen LogP contribution in [0.2, 0.25) is 0 Å². The molecule has 13 heavy (non-hydrogen) atoms. The number of aryl methyl sites for hydroxylation is 1. The van der Waals surface area contributed by atoms with E-state index in [9.17, 15) is 18.4 Å². The lowest BCUT2D eigenvalue weighted by Gasteiger charge is -2.12. The molecule has 0 atom stereocenters. The fourth-order valence-electron chi connectivity index (χ4n) is 1.20. The van der Waals surface area contributed by atoms with Crippen LogP contribution in [0.15, 0.2) is 12.3 Å². The van der Waals surface area contributed by atoms with Crippen LogP contribution in [0.5, 0.6) is 0 Å². The van der Waals surface area contributed by atoms with Gasteiger partial charge in [-0.05, 0) is 12.5 Å². The summed E-state index contributed by atoms with van der Waals surface area (Å²) < 4.78 is 37.2. The molecule has 0 aliphatic rings. The lowest BCUT2D eigenvalue weighted by Crippen LogP contribution is -2.33. The highest BCUT2D eigenvalue weighted by molar-refractivity contribution is 5.28. The molecule has 0 radical (unpaired) electrons. The average molecular weight is 191 g/mol. The van der Waals surface area contributed by atoms with Gasteiger partial charge in [0.05, 0.1) is 0 Å². The molecular weight excluding hydrogens is 183 g/mol. The van der Waals surface area contributed by atoms with Crippen LogP contribution in [-0.2, 0) is 6.18 Å². The van der Waals surface area contributed by atoms with Crippen molar-refractivity contribution in [2.24, 2.45) is 0 Å². The summed E-state index contributed by atoms with van der Waals surface area (Å²) >= 11 is 0. The summed E-state index contributed by atoms with van der Waals surface area (Å²) in [6.07, 6.45) is -3.39. The van der Waals surface area contributed by atoms with Crippen LogP contribution in [0.4, 0.5) is 13.2 Å². The maximum Gasteiger partial charge on any atom is 0.422 e. The number of aromatic nitrogens is 1. The van der Waals surface area contributed by atoms with Crippen LogP contribution < -0.4 is 4.73 Å². The molecule has 0 bridgehead atoms. The molecule has 2 nitrogen and oxygen atoms in total. The molecular formula is C8H8F3NO. The summed E-state index contributed by atoms with van der Waals surface area (Å²) in [7, 11) is 0. The van der Waals surface area contributed by atoms with E-state index in [1.54, 1.807) is 0 Å². The molecule has 0 fully saturated rings. The fraction of sp³-hybridized carbons (Fsp3) is 0.375. The zero-order valence-electron chi connectivity index (χ0n) is 7.14. The first-order valence-electron chi connectivity index (χ1n) is 3.60. The Balaban J connectivity index is 3.43. The molecule has 1 aromatic heterocycles. The SMILES string of the molecule is Cc1cc[n+]([O-])c(C)c1C(F)(F)F. The Hall–Kier alpha value is -1.26. The summed E-state index contributed by atoms with van der Waals surface area (Å²) in [6, 6.07) is 1.16. The van der Waals surface area contributed by atoms with Gasteiger partial charge in [0.25, 0.3) is 0 Å². The third kappa shape index (κ3) is 1.74. The normalized spacial score (nSPS) is 11.8. The molecule has 5 heteroatoms. The predicted molar refractivity (Wildman–Crippen MR) is 39.9 cm³/mol. The molecule has 0 aliphatic heterocycles.